The van der Waals surface area contributed by atoms with E-state index in [-0.39, 0.29) is 0 Å². The molecule has 0 spiro atoms. The summed E-state index contributed by atoms with van der Waals surface area (Å²) < 4.78 is 11.9. The van der Waals surface area contributed by atoms with Gasteiger partial charge in [0, 0.05) is 12.1 Å². The molecule has 2 heterocycles. The minimum Gasteiger partial charge on any atom is -0.492 e. The minimum atomic E-state index is 0.629. The first kappa shape index (κ1) is 24.7. The number of hydrogen-bond acceptors (Lipinski definition) is 4. The first-order valence-corrected chi connectivity index (χ1v) is 13.0. The number of halogens is 2. The van der Waals surface area contributed by atoms with Crippen LogP contribution in [0.3, 0.4) is 0 Å². The molecule has 0 aromatic heterocycles. The summed E-state index contributed by atoms with van der Waals surface area (Å²) in [5.74, 6) is 1.52. The lowest BCUT2D eigenvalue weighted by molar-refractivity contribution is 0.233. The lowest BCUT2D eigenvalue weighted by atomic mass is 10.0. The van der Waals surface area contributed by atoms with Crippen LogP contribution >= 0.6 is 23.2 Å². The molecule has 2 aliphatic rings. The summed E-state index contributed by atoms with van der Waals surface area (Å²) in [6, 6.07) is 13.4. The predicted octanol–water partition coefficient (Wildman–Crippen LogP) is 6.31. The standard InChI is InChI=1S/C27H36Cl2N2O2/c1-30-13-3-5-22(30)11-15-32-26-9-7-20(18-24(26)28)17-21-8-10-27(25(29)19-21)33-16-12-23-6-4-14-31(23)2/h7-10,18-19,22-23H,3-6,11-17H2,1-2H3. The zero-order chi connectivity index (χ0) is 23.2. The van der Waals surface area contributed by atoms with E-state index in [1.165, 1.54) is 38.8 Å². The topological polar surface area (TPSA) is 24.9 Å². The second-order valence-corrected chi connectivity index (χ2v) is 10.3. The van der Waals surface area contributed by atoms with E-state index >= 15 is 0 Å². The third kappa shape index (κ3) is 6.79. The van der Waals surface area contributed by atoms with Gasteiger partial charge in [-0.25, -0.2) is 0 Å². The third-order valence-corrected chi connectivity index (χ3v) is 7.75. The summed E-state index contributed by atoms with van der Waals surface area (Å²) in [5.41, 5.74) is 2.27. The summed E-state index contributed by atoms with van der Waals surface area (Å²) in [5, 5.41) is 1.32. The van der Waals surface area contributed by atoms with Crippen LogP contribution in [0.4, 0.5) is 0 Å². The third-order valence-electron chi connectivity index (χ3n) is 7.16. The fourth-order valence-corrected chi connectivity index (χ4v) is 5.59. The molecule has 0 bridgehead atoms. The Labute approximate surface area is 208 Å². The van der Waals surface area contributed by atoms with Crippen LogP contribution in [0, 0.1) is 0 Å². The maximum atomic E-state index is 6.51. The number of nitrogens with zero attached hydrogens (tertiary/aromatic N) is 2. The average molecular weight is 492 g/mol. The van der Waals surface area contributed by atoms with Gasteiger partial charge in [0.15, 0.2) is 0 Å². The molecule has 4 rings (SSSR count). The Morgan fingerprint density at radius 1 is 0.758 bits per heavy atom. The van der Waals surface area contributed by atoms with E-state index in [2.05, 4.69) is 36.0 Å². The molecule has 4 nitrogen and oxygen atoms in total. The van der Waals surface area contributed by atoms with Crippen molar-refractivity contribution in [3.8, 4) is 11.5 Å². The highest BCUT2D eigenvalue weighted by atomic mass is 35.5. The number of hydrogen-bond donors (Lipinski definition) is 0. The molecule has 2 atom stereocenters. The van der Waals surface area contributed by atoms with E-state index in [1.807, 2.05) is 24.3 Å². The van der Waals surface area contributed by atoms with Gasteiger partial charge >= 0.3 is 0 Å². The molecular weight excluding hydrogens is 455 g/mol. The Bertz CT molecular complexity index is 849. The lowest BCUT2D eigenvalue weighted by Gasteiger charge is -2.19. The van der Waals surface area contributed by atoms with Crippen LogP contribution < -0.4 is 9.47 Å². The van der Waals surface area contributed by atoms with Gasteiger partial charge in [0.25, 0.3) is 0 Å². The van der Waals surface area contributed by atoms with Crippen LogP contribution in [-0.4, -0.2) is 62.3 Å². The van der Waals surface area contributed by atoms with Crippen molar-refractivity contribution in [2.24, 2.45) is 0 Å². The quantitative estimate of drug-likeness (QED) is 0.389. The van der Waals surface area contributed by atoms with Gasteiger partial charge in [-0.1, -0.05) is 35.3 Å². The maximum absolute atomic E-state index is 6.51. The number of ether oxygens (including phenoxy) is 2. The second-order valence-electron chi connectivity index (χ2n) is 9.53. The summed E-state index contributed by atoms with van der Waals surface area (Å²) >= 11 is 13.0. The van der Waals surface area contributed by atoms with E-state index in [1.54, 1.807) is 0 Å². The molecule has 2 aliphatic heterocycles. The fraction of sp³-hybridized carbons (Fsp3) is 0.556. The predicted molar refractivity (Wildman–Crippen MR) is 137 cm³/mol. The first-order chi connectivity index (χ1) is 16.0. The minimum absolute atomic E-state index is 0.629. The monoisotopic (exact) mass is 490 g/mol. The smallest absolute Gasteiger partial charge is 0.137 e. The normalized spacial score (nSPS) is 21.6. The van der Waals surface area contributed by atoms with Crippen molar-refractivity contribution in [3.05, 3.63) is 57.6 Å². The van der Waals surface area contributed by atoms with Gasteiger partial charge < -0.3 is 19.3 Å². The van der Waals surface area contributed by atoms with Crippen LogP contribution in [0.25, 0.3) is 0 Å². The summed E-state index contributed by atoms with van der Waals surface area (Å²) in [7, 11) is 4.39. The summed E-state index contributed by atoms with van der Waals surface area (Å²) in [6.45, 7) is 3.77. The molecule has 2 aromatic carbocycles. The summed E-state index contributed by atoms with van der Waals surface area (Å²) in [6.07, 6.45) is 7.93. The van der Waals surface area contributed by atoms with Gasteiger partial charge in [-0.05, 0) is 108 Å². The van der Waals surface area contributed by atoms with Crippen molar-refractivity contribution in [1.29, 1.82) is 0 Å². The summed E-state index contributed by atoms with van der Waals surface area (Å²) in [4.78, 5) is 4.84. The van der Waals surface area contributed by atoms with Crippen LogP contribution in [0.15, 0.2) is 36.4 Å². The maximum Gasteiger partial charge on any atom is 0.137 e. The molecule has 2 unspecified atom stereocenters. The zero-order valence-electron chi connectivity index (χ0n) is 19.9. The molecule has 0 amide bonds. The van der Waals surface area contributed by atoms with Gasteiger partial charge in [-0.3, -0.25) is 0 Å². The second kappa shape index (κ2) is 11.8. The van der Waals surface area contributed by atoms with Crippen molar-refractivity contribution in [3.63, 3.8) is 0 Å². The highest BCUT2D eigenvalue weighted by Crippen LogP contribution is 2.30. The van der Waals surface area contributed by atoms with E-state index in [0.29, 0.717) is 35.3 Å². The van der Waals surface area contributed by atoms with E-state index in [9.17, 15) is 0 Å². The Morgan fingerprint density at radius 2 is 1.21 bits per heavy atom. The molecule has 0 saturated carbocycles. The van der Waals surface area contributed by atoms with Crippen LogP contribution in [0.5, 0.6) is 11.5 Å². The molecule has 0 aliphatic carbocycles. The van der Waals surface area contributed by atoms with Gasteiger partial charge in [-0.15, -0.1) is 0 Å². The van der Waals surface area contributed by atoms with Gasteiger partial charge in [0.1, 0.15) is 11.5 Å². The highest BCUT2D eigenvalue weighted by Gasteiger charge is 2.21. The molecule has 180 valence electrons. The van der Waals surface area contributed by atoms with Crippen LogP contribution in [0.1, 0.15) is 49.7 Å². The molecule has 0 radical (unpaired) electrons. The van der Waals surface area contributed by atoms with Crippen molar-refractivity contribution in [2.45, 2.75) is 57.0 Å². The Hall–Kier alpha value is -1.46. The zero-order valence-corrected chi connectivity index (χ0v) is 21.4. The van der Waals surface area contributed by atoms with Crippen molar-refractivity contribution in [1.82, 2.24) is 9.80 Å². The highest BCUT2D eigenvalue weighted by molar-refractivity contribution is 6.32. The Morgan fingerprint density at radius 3 is 1.58 bits per heavy atom. The van der Waals surface area contributed by atoms with Crippen LogP contribution in [-0.2, 0) is 6.42 Å². The van der Waals surface area contributed by atoms with Gasteiger partial charge in [0.05, 0.1) is 23.3 Å². The van der Waals surface area contributed by atoms with Crippen LogP contribution in [0.2, 0.25) is 10.0 Å². The Balaban J connectivity index is 1.26. The van der Waals surface area contributed by atoms with Crippen molar-refractivity contribution >= 4 is 23.2 Å². The molecule has 2 saturated heterocycles. The molecule has 33 heavy (non-hydrogen) atoms. The number of benzene rings is 2. The first-order valence-electron chi connectivity index (χ1n) is 12.2. The van der Waals surface area contributed by atoms with Crippen molar-refractivity contribution in [2.75, 3.05) is 40.4 Å². The number of rotatable bonds is 10. The molecule has 0 N–H and O–H groups in total. The lowest BCUT2D eigenvalue weighted by Crippen LogP contribution is -2.26. The largest absolute Gasteiger partial charge is 0.492 e. The SMILES string of the molecule is CN1CCCC1CCOc1ccc(Cc2ccc(OCCC3CCCN3C)c(Cl)c2)cc1Cl. The number of likely N-dealkylation sites (tertiary alicyclic amines) is 2. The van der Waals surface area contributed by atoms with Crippen molar-refractivity contribution < 1.29 is 9.47 Å². The van der Waals surface area contributed by atoms with E-state index in [4.69, 9.17) is 32.7 Å². The molecule has 2 fully saturated rings. The molecule has 6 heteroatoms. The Kier molecular flexibility index (Phi) is 8.81. The van der Waals surface area contributed by atoms with Gasteiger partial charge in [0.2, 0.25) is 0 Å². The molecule has 2 aromatic rings. The van der Waals surface area contributed by atoms with Gasteiger partial charge in [-0.2, -0.15) is 0 Å². The van der Waals surface area contributed by atoms with E-state index < -0.39 is 0 Å². The fourth-order valence-electron chi connectivity index (χ4n) is 5.08. The molecular formula is C27H36Cl2N2O2. The van der Waals surface area contributed by atoms with E-state index in [0.717, 1.165) is 41.9 Å². The average Bonchev–Trinajstić information content (AvgIpc) is 3.39.